The molecular weight excluding hydrogens is 394 g/mol. The standard InChI is InChI=1S/C25H27NO5/c27-20(15-7-3-1-4-8-15)14-31-21(28)9-5-2-6-12-26-24(29)22-16-10-11-17(19-13-18(16)19)23(22)25(26)30/h1,3-4,7-8,10-11,16-19,22-23H,2,5-6,9,12-14H2/t16-,17-,18-,19-,22-,23+/m1/s1. The van der Waals surface area contributed by atoms with Crippen molar-refractivity contribution in [1.29, 1.82) is 0 Å². The Morgan fingerprint density at radius 1 is 0.903 bits per heavy atom. The summed E-state index contributed by atoms with van der Waals surface area (Å²) in [5.41, 5.74) is 0.525. The van der Waals surface area contributed by atoms with Crippen LogP contribution >= 0.6 is 0 Å². The highest BCUT2D eigenvalue weighted by Gasteiger charge is 2.66. The summed E-state index contributed by atoms with van der Waals surface area (Å²) >= 11 is 0. The maximum Gasteiger partial charge on any atom is 0.306 e. The van der Waals surface area contributed by atoms with E-state index in [9.17, 15) is 19.2 Å². The first kappa shape index (κ1) is 20.2. The molecule has 6 nitrogen and oxygen atoms in total. The summed E-state index contributed by atoms with van der Waals surface area (Å²) in [5.74, 6) is 0.891. The minimum absolute atomic E-state index is 0.0125. The van der Waals surface area contributed by atoms with Crippen molar-refractivity contribution in [2.75, 3.05) is 13.2 Å². The summed E-state index contributed by atoms with van der Waals surface area (Å²) in [6.45, 7) is 0.182. The number of carbonyl (C=O) groups is 4. The monoisotopic (exact) mass is 421 g/mol. The van der Waals surface area contributed by atoms with Crippen molar-refractivity contribution >= 4 is 23.6 Å². The van der Waals surface area contributed by atoms with Crippen LogP contribution in [0.5, 0.6) is 0 Å². The number of unbranched alkanes of at least 4 members (excludes halogenated alkanes) is 2. The predicted molar refractivity (Wildman–Crippen MR) is 112 cm³/mol. The van der Waals surface area contributed by atoms with E-state index < -0.39 is 5.97 Å². The van der Waals surface area contributed by atoms with Gasteiger partial charge in [0.25, 0.3) is 0 Å². The van der Waals surface area contributed by atoms with Crippen molar-refractivity contribution < 1.29 is 23.9 Å². The van der Waals surface area contributed by atoms with Gasteiger partial charge < -0.3 is 4.74 Å². The fraction of sp³-hybridized carbons (Fsp3) is 0.520. The number of hydrogen-bond donors (Lipinski definition) is 0. The lowest BCUT2D eigenvalue weighted by molar-refractivity contribution is -0.143. The number of Topliss-reactive ketones (excluding diaryl/α,β-unsaturated/α-hetero) is 1. The molecule has 5 aliphatic rings. The average molecular weight is 421 g/mol. The fourth-order valence-corrected chi connectivity index (χ4v) is 5.88. The molecule has 1 saturated heterocycles. The fourth-order valence-electron chi connectivity index (χ4n) is 5.88. The zero-order chi connectivity index (χ0) is 21.5. The molecular formula is C25H27NO5. The smallest absolute Gasteiger partial charge is 0.306 e. The maximum atomic E-state index is 12.9. The third kappa shape index (κ3) is 3.62. The molecule has 6 heteroatoms. The van der Waals surface area contributed by atoms with E-state index in [1.807, 2.05) is 6.07 Å². The predicted octanol–water partition coefficient (Wildman–Crippen LogP) is 3.03. The van der Waals surface area contributed by atoms with Crippen LogP contribution in [0.4, 0.5) is 0 Å². The first-order chi connectivity index (χ1) is 15.1. The molecule has 6 rings (SSSR count). The van der Waals surface area contributed by atoms with E-state index in [2.05, 4.69) is 12.2 Å². The number of allylic oxidation sites excluding steroid dienone is 2. The van der Waals surface area contributed by atoms with Gasteiger partial charge in [-0.15, -0.1) is 0 Å². The molecule has 31 heavy (non-hydrogen) atoms. The minimum atomic E-state index is -0.398. The van der Waals surface area contributed by atoms with Gasteiger partial charge in [-0.1, -0.05) is 48.9 Å². The van der Waals surface area contributed by atoms with Gasteiger partial charge >= 0.3 is 5.97 Å². The van der Waals surface area contributed by atoms with Gasteiger partial charge in [-0.3, -0.25) is 24.1 Å². The quantitative estimate of drug-likeness (QED) is 0.201. The number of imide groups is 1. The van der Waals surface area contributed by atoms with Crippen LogP contribution in [0.3, 0.4) is 0 Å². The normalized spacial score (nSPS) is 32.1. The van der Waals surface area contributed by atoms with Gasteiger partial charge in [-0.2, -0.15) is 0 Å². The Kier molecular flexibility index (Phi) is 5.24. The lowest BCUT2D eigenvalue weighted by atomic mass is 9.63. The second kappa shape index (κ2) is 8.06. The first-order valence-electron chi connectivity index (χ1n) is 11.3. The molecule has 1 heterocycles. The molecule has 6 atom stereocenters. The number of likely N-dealkylation sites (tertiary alicyclic amines) is 1. The Bertz CT molecular complexity index is 902. The Hall–Kier alpha value is -2.76. The third-order valence-corrected chi connectivity index (χ3v) is 7.48. The Labute approximate surface area is 181 Å². The molecule has 0 radical (unpaired) electrons. The van der Waals surface area contributed by atoms with Crippen molar-refractivity contribution in [3.63, 3.8) is 0 Å². The number of carbonyl (C=O) groups excluding carboxylic acids is 4. The Morgan fingerprint density at radius 3 is 2.19 bits per heavy atom. The van der Waals surface area contributed by atoms with Crippen LogP contribution < -0.4 is 0 Å². The first-order valence-corrected chi connectivity index (χ1v) is 11.3. The molecule has 4 aliphatic carbocycles. The zero-order valence-electron chi connectivity index (χ0n) is 17.4. The van der Waals surface area contributed by atoms with Crippen molar-refractivity contribution in [2.45, 2.75) is 32.1 Å². The highest BCUT2D eigenvalue weighted by Crippen LogP contribution is 2.65. The number of hydrogen-bond acceptors (Lipinski definition) is 5. The molecule has 2 amide bonds. The van der Waals surface area contributed by atoms with E-state index in [0.717, 1.165) is 6.42 Å². The summed E-state index contributed by atoms with van der Waals surface area (Å²) < 4.78 is 5.07. The molecule has 2 saturated carbocycles. The summed E-state index contributed by atoms with van der Waals surface area (Å²) in [6.07, 6.45) is 7.78. The number of benzene rings is 1. The van der Waals surface area contributed by atoms with E-state index in [1.165, 1.54) is 11.3 Å². The average Bonchev–Trinajstić information content (AvgIpc) is 3.58. The van der Waals surface area contributed by atoms with Gasteiger partial charge in [0.2, 0.25) is 11.8 Å². The van der Waals surface area contributed by atoms with Crippen molar-refractivity contribution in [3.8, 4) is 0 Å². The van der Waals surface area contributed by atoms with Crippen LogP contribution in [0.15, 0.2) is 42.5 Å². The highest BCUT2D eigenvalue weighted by atomic mass is 16.5. The molecule has 0 aromatic heterocycles. The maximum absolute atomic E-state index is 12.9. The molecule has 2 bridgehead atoms. The highest BCUT2D eigenvalue weighted by molar-refractivity contribution is 6.06. The molecule has 0 unspecified atom stereocenters. The molecule has 1 aliphatic heterocycles. The Balaban J connectivity index is 1.02. The third-order valence-electron chi connectivity index (χ3n) is 7.48. The topological polar surface area (TPSA) is 80.8 Å². The lowest BCUT2D eigenvalue weighted by Gasteiger charge is -2.37. The van der Waals surface area contributed by atoms with Crippen molar-refractivity contribution in [2.24, 2.45) is 35.5 Å². The molecule has 1 aromatic carbocycles. The van der Waals surface area contributed by atoms with Crippen LogP contribution in [-0.4, -0.2) is 41.6 Å². The Morgan fingerprint density at radius 2 is 1.55 bits per heavy atom. The van der Waals surface area contributed by atoms with Crippen molar-refractivity contribution in [1.82, 2.24) is 4.90 Å². The van der Waals surface area contributed by atoms with Crippen LogP contribution in [0.25, 0.3) is 0 Å². The molecule has 3 fully saturated rings. The van der Waals surface area contributed by atoms with Gasteiger partial charge in [0.1, 0.15) is 0 Å². The SMILES string of the molecule is O=C(CCCCCN1C(=O)[C@@H]2[C@@H]3C=C[C@H]([C@H]4C[C@H]34)[C@@H]2C1=O)OCC(=O)c1ccccc1. The van der Waals surface area contributed by atoms with Gasteiger partial charge in [-0.25, -0.2) is 0 Å². The van der Waals surface area contributed by atoms with Gasteiger partial charge in [-0.05, 0) is 42.9 Å². The van der Waals surface area contributed by atoms with Crippen LogP contribution in [0, 0.1) is 35.5 Å². The van der Waals surface area contributed by atoms with E-state index in [-0.39, 0.29) is 54.3 Å². The number of ether oxygens (including phenoxy) is 1. The van der Waals surface area contributed by atoms with E-state index in [0.29, 0.717) is 36.8 Å². The second-order valence-electron chi connectivity index (χ2n) is 9.24. The summed E-state index contributed by atoms with van der Waals surface area (Å²) in [6, 6.07) is 8.74. The van der Waals surface area contributed by atoms with Gasteiger partial charge in [0.05, 0.1) is 11.8 Å². The largest absolute Gasteiger partial charge is 0.457 e. The van der Waals surface area contributed by atoms with E-state index >= 15 is 0 Å². The molecule has 0 spiro atoms. The lowest BCUT2D eigenvalue weighted by Crippen LogP contribution is -2.40. The van der Waals surface area contributed by atoms with Crippen LogP contribution in [0.1, 0.15) is 42.5 Å². The van der Waals surface area contributed by atoms with Crippen molar-refractivity contribution in [3.05, 3.63) is 48.0 Å². The number of nitrogens with zero attached hydrogens (tertiary/aromatic N) is 1. The van der Waals surface area contributed by atoms with Gasteiger partial charge in [0.15, 0.2) is 12.4 Å². The number of ketones is 1. The second-order valence-corrected chi connectivity index (χ2v) is 9.24. The van der Waals surface area contributed by atoms with E-state index in [1.54, 1.807) is 24.3 Å². The number of amides is 2. The summed E-state index contributed by atoms with van der Waals surface area (Å²) in [5, 5.41) is 0. The van der Waals surface area contributed by atoms with Crippen LogP contribution in [-0.2, 0) is 19.1 Å². The number of rotatable bonds is 9. The number of esters is 1. The zero-order valence-corrected chi connectivity index (χ0v) is 17.4. The van der Waals surface area contributed by atoms with Crippen LogP contribution in [0.2, 0.25) is 0 Å². The van der Waals surface area contributed by atoms with E-state index in [4.69, 9.17) is 4.74 Å². The van der Waals surface area contributed by atoms with Gasteiger partial charge in [0, 0.05) is 18.5 Å². The summed E-state index contributed by atoms with van der Waals surface area (Å²) in [7, 11) is 0. The molecule has 0 N–H and O–H groups in total. The summed E-state index contributed by atoms with van der Waals surface area (Å²) in [4.78, 5) is 51.1. The molecule has 162 valence electrons. The molecule has 1 aromatic rings. The minimum Gasteiger partial charge on any atom is -0.457 e.